The van der Waals surface area contributed by atoms with Crippen molar-refractivity contribution < 1.29 is 14.4 Å². The quantitative estimate of drug-likeness (QED) is 0.758. The van der Waals surface area contributed by atoms with Crippen molar-refractivity contribution in [2.75, 3.05) is 6.54 Å². The Labute approximate surface area is 164 Å². The Balaban J connectivity index is 1.33. The number of benzene rings is 1. The number of fused-ring (bicyclic) bond motifs is 1. The second-order valence-corrected chi connectivity index (χ2v) is 8.67. The molecule has 1 spiro atoms. The van der Waals surface area contributed by atoms with E-state index in [4.69, 9.17) is 5.73 Å². The van der Waals surface area contributed by atoms with Gasteiger partial charge >= 0.3 is 0 Å². The van der Waals surface area contributed by atoms with E-state index >= 15 is 0 Å². The summed E-state index contributed by atoms with van der Waals surface area (Å²) in [4.78, 5) is 40.5. The molecule has 3 heterocycles. The lowest BCUT2D eigenvalue weighted by molar-refractivity contribution is -0.136. The first-order valence-corrected chi connectivity index (χ1v) is 10.2. The van der Waals surface area contributed by atoms with Crippen molar-refractivity contribution in [1.82, 2.24) is 15.1 Å². The molecule has 0 aromatic heterocycles. The molecule has 7 heteroatoms. The average molecular weight is 382 g/mol. The van der Waals surface area contributed by atoms with Crippen LogP contribution in [0, 0.1) is 0 Å². The largest absolute Gasteiger partial charge is 0.326 e. The number of nitrogens with zero attached hydrogens (tertiary/aromatic N) is 2. The minimum atomic E-state index is -0.559. The first-order valence-electron chi connectivity index (χ1n) is 10.2. The Morgan fingerprint density at radius 3 is 2.71 bits per heavy atom. The van der Waals surface area contributed by atoms with Crippen LogP contribution in [-0.2, 0) is 22.7 Å². The summed E-state index contributed by atoms with van der Waals surface area (Å²) in [6.45, 7) is 2.31. The Kier molecular flexibility index (Phi) is 4.07. The van der Waals surface area contributed by atoms with Gasteiger partial charge in [-0.05, 0) is 49.3 Å². The Morgan fingerprint density at radius 2 is 2.00 bits per heavy atom. The molecule has 2 atom stereocenters. The van der Waals surface area contributed by atoms with Gasteiger partial charge in [-0.15, -0.1) is 0 Å². The van der Waals surface area contributed by atoms with E-state index in [1.54, 1.807) is 4.90 Å². The molecule has 28 heavy (non-hydrogen) atoms. The second-order valence-electron chi connectivity index (χ2n) is 8.67. The summed E-state index contributed by atoms with van der Waals surface area (Å²) < 4.78 is 0. The lowest BCUT2D eigenvalue weighted by Gasteiger charge is -2.48. The number of nitrogens with two attached hydrogens (primary N) is 1. The fourth-order valence-electron chi connectivity index (χ4n) is 5.43. The van der Waals surface area contributed by atoms with Gasteiger partial charge in [-0.3, -0.25) is 24.6 Å². The maximum absolute atomic E-state index is 12.8. The molecule has 3 fully saturated rings. The van der Waals surface area contributed by atoms with Gasteiger partial charge in [0.2, 0.25) is 11.8 Å². The Morgan fingerprint density at radius 1 is 1.18 bits per heavy atom. The molecule has 7 nitrogen and oxygen atoms in total. The van der Waals surface area contributed by atoms with Gasteiger partial charge in [-0.1, -0.05) is 12.1 Å². The van der Waals surface area contributed by atoms with Crippen molar-refractivity contribution in [3.05, 3.63) is 34.9 Å². The van der Waals surface area contributed by atoms with Crippen molar-refractivity contribution in [1.29, 1.82) is 0 Å². The fourth-order valence-corrected chi connectivity index (χ4v) is 5.43. The standard InChI is InChI=1S/C21H26N4O3/c22-17-6-9-24(21(17)7-1-8-21)11-13-2-3-15-14(10-13)12-25(20(15)28)16-4-5-18(26)23-19(16)27/h2-3,10,16-17H,1,4-9,11-12,22H2,(H,23,26,27). The number of carbonyl (C=O) groups is 3. The van der Waals surface area contributed by atoms with Crippen LogP contribution < -0.4 is 11.1 Å². The highest BCUT2D eigenvalue weighted by Gasteiger charge is 2.50. The van der Waals surface area contributed by atoms with Crippen molar-refractivity contribution in [2.45, 2.75) is 69.2 Å². The van der Waals surface area contributed by atoms with E-state index in [0.29, 0.717) is 18.5 Å². The molecule has 3 aliphatic heterocycles. The van der Waals surface area contributed by atoms with Crippen LogP contribution in [-0.4, -0.2) is 51.7 Å². The first-order chi connectivity index (χ1) is 13.5. The number of amides is 3. The van der Waals surface area contributed by atoms with Crippen LogP contribution in [0.2, 0.25) is 0 Å². The van der Waals surface area contributed by atoms with Crippen molar-refractivity contribution in [3.8, 4) is 0 Å². The van der Waals surface area contributed by atoms with Crippen LogP contribution in [0.1, 0.15) is 60.0 Å². The van der Waals surface area contributed by atoms with Crippen LogP contribution >= 0.6 is 0 Å². The summed E-state index contributed by atoms with van der Waals surface area (Å²) in [5.41, 5.74) is 9.40. The Bertz CT molecular complexity index is 863. The van der Waals surface area contributed by atoms with Gasteiger partial charge in [0.15, 0.2) is 0 Å². The molecule has 0 bridgehead atoms. The third kappa shape index (κ3) is 2.60. The molecule has 4 aliphatic rings. The van der Waals surface area contributed by atoms with Gasteiger partial charge in [-0.2, -0.15) is 0 Å². The molecular formula is C21H26N4O3. The average Bonchev–Trinajstić information content (AvgIpc) is 3.12. The summed E-state index contributed by atoms with van der Waals surface area (Å²) in [5.74, 6) is -0.744. The fraction of sp³-hybridized carbons (Fsp3) is 0.571. The molecule has 2 unspecified atom stereocenters. The predicted octanol–water partition coefficient (Wildman–Crippen LogP) is 0.903. The molecule has 148 valence electrons. The number of imide groups is 1. The van der Waals surface area contributed by atoms with Gasteiger partial charge in [0, 0.05) is 43.2 Å². The highest BCUT2D eigenvalue weighted by Crippen LogP contribution is 2.45. The van der Waals surface area contributed by atoms with E-state index < -0.39 is 6.04 Å². The minimum absolute atomic E-state index is 0.116. The normalized spacial score (nSPS) is 29.2. The van der Waals surface area contributed by atoms with Crippen LogP contribution in [0.3, 0.4) is 0 Å². The van der Waals surface area contributed by atoms with Crippen LogP contribution in [0.4, 0.5) is 0 Å². The second kappa shape index (κ2) is 6.39. The lowest BCUT2D eigenvalue weighted by atomic mass is 9.72. The summed E-state index contributed by atoms with van der Waals surface area (Å²) >= 11 is 0. The SMILES string of the molecule is NC1CCN(Cc2ccc3c(c2)CN(C2CCC(=O)NC2=O)C3=O)C12CCC2. The zero-order chi connectivity index (χ0) is 19.5. The summed E-state index contributed by atoms with van der Waals surface area (Å²) in [7, 11) is 0. The van der Waals surface area contributed by atoms with E-state index in [-0.39, 0.29) is 35.7 Å². The smallest absolute Gasteiger partial charge is 0.255 e. The molecule has 1 aromatic rings. The zero-order valence-corrected chi connectivity index (χ0v) is 15.9. The lowest BCUT2D eigenvalue weighted by Crippen LogP contribution is -2.57. The highest BCUT2D eigenvalue weighted by molar-refractivity contribution is 6.05. The maximum atomic E-state index is 12.8. The van der Waals surface area contributed by atoms with E-state index in [2.05, 4.69) is 16.3 Å². The van der Waals surface area contributed by atoms with Gasteiger partial charge in [0.05, 0.1) is 0 Å². The highest BCUT2D eigenvalue weighted by atomic mass is 16.2. The molecule has 0 radical (unpaired) electrons. The number of hydrogen-bond donors (Lipinski definition) is 2. The van der Waals surface area contributed by atoms with Crippen LogP contribution in [0.15, 0.2) is 18.2 Å². The van der Waals surface area contributed by atoms with Crippen LogP contribution in [0.25, 0.3) is 0 Å². The van der Waals surface area contributed by atoms with E-state index in [1.165, 1.54) is 24.8 Å². The molecule has 1 aliphatic carbocycles. The van der Waals surface area contributed by atoms with E-state index in [0.717, 1.165) is 25.1 Å². The van der Waals surface area contributed by atoms with Gasteiger partial charge in [0.25, 0.3) is 5.91 Å². The number of rotatable bonds is 3. The maximum Gasteiger partial charge on any atom is 0.255 e. The summed E-state index contributed by atoms with van der Waals surface area (Å²) in [5, 5.41) is 2.35. The molecule has 1 aromatic carbocycles. The topological polar surface area (TPSA) is 95.7 Å². The third-order valence-corrected chi connectivity index (χ3v) is 7.21. The molecule has 5 rings (SSSR count). The Hall–Kier alpha value is -2.25. The monoisotopic (exact) mass is 382 g/mol. The predicted molar refractivity (Wildman–Crippen MR) is 102 cm³/mol. The molecule has 3 amide bonds. The van der Waals surface area contributed by atoms with Gasteiger partial charge in [0.1, 0.15) is 6.04 Å². The number of piperidine rings is 1. The number of carbonyl (C=O) groups excluding carboxylic acids is 3. The molecule has 2 saturated heterocycles. The van der Waals surface area contributed by atoms with Gasteiger partial charge < -0.3 is 10.6 Å². The summed E-state index contributed by atoms with van der Waals surface area (Å²) in [6, 6.07) is 5.73. The summed E-state index contributed by atoms with van der Waals surface area (Å²) in [6.07, 6.45) is 5.34. The first kappa shape index (κ1) is 17.8. The molecule has 3 N–H and O–H groups in total. The number of nitrogens with one attached hydrogen (secondary N) is 1. The third-order valence-electron chi connectivity index (χ3n) is 7.21. The van der Waals surface area contributed by atoms with Crippen molar-refractivity contribution in [2.24, 2.45) is 5.73 Å². The zero-order valence-electron chi connectivity index (χ0n) is 15.9. The van der Waals surface area contributed by atoms with E-state index in [9.17, 15) is 14.4 Å². The number of hydrogen-bond acceptors (Lipinski definition) is 5. The van der Waals surface area contributed by atoms with Crippen LogP contribution in [0.5, 0.6) is 0 Å². The molecule has 1 saturated carbocycles. The van der Waals surface area contributed by atoms with Crippen molar-refractivity contribution in [3.63, 3.8) is 0 Å². The van der Waals surface area contributed by atoms with E-state index in [1.807, 2.05) is 12.1 Å². The number of likely N-dealkylation sites (tertiary alicyclic amines) is 1. The van der Waals surface area contributed by atoms with Gasteiger partial charge in [-0.25, -0.2) is 0 Å². The minimum Gasteiger partial charge on any atom is -0.326 e. The van der Waals surface area contributed by atoms with Crippen molar-refractivity contribution >= 4 is 17.7 Å². The molecular weight excluding hydrogens is 356 g/mol.